The van der Waals surface area contributed by atoms with Crippen LogP contribution in [-0.4, -0.2) is 37.2 Å². The molecule has 32 heavy (non-hydrogen) atoms. The molecular weight excluding hydrogens is 416 g/mol. The lowest BCUT2D eigenvalue weighted by atomic mass is 9.85. The van der Waals surface area contributed by atoms with Crippen molar-refractivity contribution >= 4 is 14.3 Å². The van der Waals surface area contributed by atoms with Crippen molar-refractivity contribution in [3.05, 3.63) is 29.5 Å². The number of aliphatic carboxylic acids is 1. The van der Waals surface area contributed by atoms with Crippen molar-refractivity contribution in [2.75, 3.05) is 6.61 Å². The Balaban J connectivity index is 2.59. The van der Waals surface area contributed by atoms with Crippen molar-refractivity contribution < 1.29 is 19.4 Å². The van der Waals surface area contributed by atoms with Crippen LogP contribution in [0.4, 0.5) is 0 Å². The Labute approximate surface area is 198 Å². The van der Waals surface area contributed by atoms with Crippen molar-refractivity contribution in [2.24, 2.45) is 11.8 Å². The van der Waals surface area contributed by atoms with E-state index in [1.165, 1.54) is 44.1 Å². The second-order valence-corrected chi connectivity index (χ2v) is 15.6. The lowest BCUT2D eigenvalue weighted by molar-refractivity contribution is -0.143. The van der Waals surface area contributed by atoms with Gasteiger partial charge in [-0.2, -0.15) is 0 Å². The number of hydrogen-bond acceptors (Lipinski definition) is 3. The van der Waals surface area contributed by atoms with Crippen molar-refractivity contribution in [3.63, 3.8) is 0 Å². The first-order chi connectivity index (χ1) is 15.0. The van der Waals surface area contributed by atoms with E-state index in [4.69, 9.17) is 4.43 Å². The number of carbonyl (C=O) groups is 1. The highest BCUT2D eigenvalue weighted by Crippen LogP contribution is 2.38. The van der Waals surface area contributed by atoms with Gasteiger partial charge in [0.15, 0.2) is 14.4 Å². The Kier molecular flexibility index (Phi) is 12.8. The van der Waals surface area contributed by atoms with Crippen LogP contribution >= 0.6 is 0 Å². The van der Waals surface area contributed by atoms with Crippen molar-refractivity contribution in [1.29, 1.82) is 0 Å². The predicted octanol–water partition coefficient (Wildman–Crippen LogP) is 7.26. The first-order valence-corrected chi connectivity index (χ1v) is 15.6. The Hall–Kier alpha value is -1.13. The molecule has 1 rings (SSSR count). The van der Waals surface area contributed by atoms with Crippen LogP contribution < -0.4 is 0 Å². The molecule has 5 heteroatoms. The van der Waals surface area contributed by atoms with Gasteiger partial charge in [0, 0.05) is 6.61 Å². The summed E-state index contributed by atoms with van der Waals surface area (Å²) in [4.78, 5) is 11.7. The monoisotopic (exact) mass is 464 g/mol. The molecule has 0 saturated heterocycles. The summed E-state index contributed by atoms with van der Waals surface area (Å²) in [6.45, 7) is 12.9. The molecule has 1 aliphatic carbocycles. The van der Waals surface area contributed by atoms with Gasteiger partial charge in [-0.05, 0) is 74.2 Å². The standard InChI is InChI=1S/C27H48O4Si/c1-7-8-9-10-11-13-16-22-19-20-23(21-28)24(22)17-14-12-15-18-25(26(29)30)31-32(5,6)27(2,3)4/h12,18-19,23-25,28H,7-11,13-14,16-17,20-21H2,1-6H3,(H,29,30)/t15?,23-,24+,25?/m1/s1. The molecule has 2 N–H and O–H groups in total. The zero-order valence-corrected chi connectivity index (χ0v) is 22.5. The number of hydrogen-bond donors (Lipinski definition) is 2. The molecule has 184 valence electrons. The summed E-state index contributed by atoms with van der Waals surface area (Å²) in [5.74, 6) is -0.195. The number of rotatable bonds is 15. The SMILES string of the molecule is CCCCCCCCC1=CC[C@H](CO)[C@H]1CCC=C=CC(O[Si](C)(C)C(C)(C)C)C(=O)O. The van der Waals surface area contributed by atoms with E-state index in [1.54, 1.807) is 6.08 Å². The number of unbranched alkanes of at least 4 members (excludes halogenated alkanes) is 5. The highest BCUT2D eigenvalue weighted by molar-refractivity contribution is 6.74. The Morgan fingerprint density at radius 2 is 1.91 bits per heavy atom. The van der Waals surface area contributed by atoms with Gasteiger partial charge in [-0.25, -0.2) is 4.79 Å². The highest BCUT2D eigenvalue weighted by atomic mass is 28.4. The van der Waals surface area contributed by atoms with Gasteiger partial charge in [-0.15, -0.1) is 5.73 Å². The average Bonchev–Trinajstić information content (AvgIpc) is 3.10. The molecule has 4 nitrogen and oxygen atoms in total. The molecule has 0 aromatic carbocycles. The van der Waals surface area contributed by atoms with Gasteiger partial charge in [-0.1, -0.05) is 71.4 Å². The molecule has 0 heterocycles. The molecule has 0 saturated carbocycles. The van der Waals surface area contributed by atoms with Crippen molar-refractivity contribution in [3.8, 4) is 0 Å². The molecule has 0 aromatic heterocycles. The molecule has 0 aliphatic heterocycles. The van der Waals surface area contributed by atoms with Crippen LogP contribution in [0.15, 0.2) is 29.5 Å². The van der Waals surface area contributed by atoms with E-state index >= 15 is 0 Å². The van der Waals surface area contributed by atoms with Gasteiger partial charge in [0.05, 0.1) is 0 Å². The lowest BCUT2D eigenvalue weighted by Crippen LogP contribution is -2.45. The fraction of sp³-hybridized carbons (Fsp3) is 0.778. The minimum Gasteiger partial charge on any atom is -0.479 e. The lowest BCUT2D eigenvalue weighted by Gasteiger charge is -2.37. The molecular formula is C27H48O4Si. The van der Waals surface area contributed by atoms with Crippen LogP contribution in [0, 0.1) is 11.8 Å². The van der Waals surface area contributed by atoms with E-state index in [1.807, 2.05) is 6.08 Å². The van der Waals surface area contributed by atoms with Gasteiger partial charge < -0.3 is 14.6 Å². The molecule has 0 fully saturated rings. The summed E-state index contributed by atoms with van der Waals surface area (Å²) < 4.78 is 6.03. The first kappa shape index (κ1) is 28.9. The minimum atomic E-state index is -2.17. The Morgan fingerprint density at radius 3 is 2.50 bits per heavy atom. The van der Waals surface area contributed by atoms with Crippen LogP contribution in [-0.2, 0) is 9.22 Å². The smallest absolute Gasteiger partial charge is 0.336 e. The molecule has 0 radical (unpaired) electrons. The van der Waals surface area contributed by atoms with Crippen molar-refractivity contribution in [2.45, 2.75) is 116 Å². The second-order valence-electron chi connectivity index (χ2n) is 10.8. The van der Waals surface area contributed by atoms with Gasteiger partial charge in [-0.3, -0.25) is 0 Å². The molecule has 1 unspecified atom stereocenters. The van der Waals surface area contributed by atoms with Crippen LogP contribution in [0.5, 0.6) is 0 Å². The Morgan fingerprint density at radius 1 is 1.25 bits per heavy atom. The number of aliphatic hydroxyl groups excluding tert-OH is 1. The summed E-state index contributed by atoms with van der Waals surface area (Å²) in [5.41, 5.74) is 4.58. The van der Waals surface area contributed by atoms with Gasteiger partial charge >= 0.3 is 5.97 Å². The van der Waals surface area contributed by atoms with Gasteiger partial charge in [0.2, 0.25) is 0 Å². The van der Waals surface area contributed by atoms with E-state index < -0.39 is 20.4 Å². The maximum Gasteiger partial charge on any atom is 0.336 e. The fourth-order valence-electron chi connectivity index (χ4n) is 4.09. The number of carboxylic acids is 1. The predicted molar refractivity (Wildman–Crippen MR) is 136 cm³/mol. The maximum absolute atomic E-state index is 11.7. The third kappa shape index (κ3) is 9.78. The van der Waals surface area contributed by atoms with Gasteiger partial charge in [0.1, 0.15) is 0 Å². The minimum absolute atomic E-state index is 0.0429. The van der Waals surface area contributed by atoms with E-state index in [2.05, 4.69) is 52.6 Å². The largest absolute Gasteiger partial charge is 0.479 e. The quantitative estimate of drug-likeness (QED) is 0.116. The van der Waals surface area contributed by atoms with E-state index in [-0.39, 0.29) is 11.6 Å². The average molecular weight is 465 g/mol. The first-order valence-electron chi connectivity index (χ1n) is 12.6. The van der Waals surface area contributed by atoms with E-state index in [0.717, 1.165) is 25.7 Å². The molecule has 0 bridgehead atoms. The highest BCUT2D eigenvalue weighted by Gasteiger charge is 2.40. The molecule has 1 aliphatic rings. The van der Waals surface area contributed by atoms with Crippen LogP contribution in [0.1, 0.15) is 91.9 Å². The summed E-state index contributed by atoms with van der Waals surface area (Å²) in [7, 11) is -2.17. The molecule has 0 spiro atoms. The fourth-order valence-corrected chi connectivity index (χ4v) is 5.25. The zero-order chi connectivity index (χ0) is 24.2. The van der Waals surface area contributed by atoms with E-state index in [9.17, 15) is 15.0 Å². The molecule has 0 aromatic rings. The van der Waals surface area contributed by atoms with E-state index in [0.29, 0.717) is 11.8 Å². The van der Waals surface area contributed by atoms with Crippen LogP contribution in [0.25, 0.3) is 0 Å². The summed E-state index contributed by atoms with van der Waals surface area (Å²) in [6, 6.07) is 0. The number of carboxylic acid groups (broad SMARTS) is 1. The summed E-state index contributed by atoms with van der Waals surface area (Å²) in [6.07, 6.45) is 16.6. The number of aliphatic hydroxyl groups is 1. The summed E-state index contributed by atoms with van der Waals surface area (Å²) in [5, 5.41) is 19.3. The van der Waals surface area contributed by atoms with Crippen molar-refractivity contribution in [1.82, 2.24) is 0 Å². The zero-order valence-electron chi connectivity index (χ0n) is 21.5. The second kappa shape index (κ2) is 14.2. The Bertz CT molecular complexity index is 653. The van der Waals surface area contributed by atoms with Crippen LogP contribution in [0.3, 0.4) is 0 Å². The summed E-state index contributed by atoms with van der Waals surface area (Å²) >= 11 is 0. The third-order valence-electron chi connectivity index (χ3n) is 7.24. The normalized spacial score (nSPS) is 19.9. The van der Waals surface area contributed by atoms with Gasteiger partial charge in [0.25, 0.3) is 0 Å². The third-order valence-corrected chi connectivity index (χ3v) is 11.7. The molecule has 0 amide bonds. The maximum atomic E-state index is 11.7. The number of allylic oxidation sites excluding steroid dienone is 2. The molecule has 3 atom stereocenters. The topological polar surface area (TPSA) is 66.8 Å². The van der Waals surface area contributed by atoms with Crippen LogP contribution in [0.2, 0.25) is 18.1 Å².